The maximum Gasteiger partial charge on any atom is 0.303 e. The van der Waals surface area contributed by atoms with E-state index in [4.69, 9.17) is 28.4 Å². The summed E-state index contributed by atoms with van der Waals surface area (Å²) in [4.78, 5) is 11.7. The van der Waals surface area contributed by atoms with Gasteiger partial charge in [-0.15, -0.1) is 0 Å². The van der Waals surface area contributed by atoms with Crippen LogP contribution >= 0.6 is 0 Å². The summed E-state index contributed by atoms with van der Waals surface area (Å²) in [5.41, 5.74) is 0. The molecule has 14 nitrogen and oxygen atoms in total. The van der Waals surface area contributed by atoms with Gasteiger partial charge < -0.3 is 64.2 Å². The van der Waals surface area contributed by atoms with E-state index in [1.165, 1.54) is 6.92 Å². The molecule has 0 saturated carbocycles. The highest BCUT2D eigenvalue weighted by atomic mass is 16.7. The van der Waals surface area contributed by atoms with Gasteiger partial charge in [-0.3, -0.25) is 4.79 Å². The molecule has 0 radical (unpaired) electrons. The number of aliphatic hydroxyl groups excluding tert-OH is 7. The summed E-state index contributed by atoms with van der Waals surface area (Å²) in [6.45, 7) is 2.46. The first-order chi connectivity index (χ1) is 27.6. The third-order valence-electron chi connectivity index (χ3n) is 9.28. The van der Waals surface area contributed by atoms with E-state index in [0.29, 0.717) is 6.61 Å². The van der Waals surface area contributed by atoms with Crippen molar-refractivity contribution < 1.29 is 69.0 Å². The highest BCUT2D eigenvalue weighted by Gasteiger charge is 2.47. The van der Waals surface area contributed by atoms with Gasteiger partial charge in [0, 0.05) is 13.5 Å². The molecule has 0 aromatic rings. The van der Waals surface area contributed by atoms with Crippen molar-refractivity contribution in [3.8, 4) is 0 Å². The lowest BCUT2D eigenvalue weighted by Crippen LogP contribution is -2.61. The summed E-state index contributed by atoms with van der Waals surface area (Å²) in [7, 11) is 0. The van der Waals surface area contributed by atoms with Gasteiger partial charge in [0.15, 0.2) is 12.6 Å². The van der Waals surface area contributed by atoms with Crippen molar-refractivity contribution in [3.63, 3.8) is 0 Å². The third kappa shape index (κ3) is 21.3. The molecule has 2 aliphatic heterocycles. The zero-order valence-corrected chi connectivity index (χ0v) is 33.8. The quantitative estimate of drug-likeness (QED) is 0.0327. The predicted molar refractivity (Wildman–Crippen MR) is 215 cm³/mol. The van der Waals surface area contributed by atoms with E-state index < -0.39 is 86.7 Å². The van der Waals surface area contributed by atoms with Gasteiger partial charge in [0.05, 0.1) is 26.4 Å². The minimum absolute atomic E-state index is 0.0277. The van der Waals surface area contributed by atoms with Crippen molar-refractivity contribution in [1.82, 2.24) is 0 Å². The summed E-state index contributed by atoms with van der Waals surface area (Å²) in [5, 5.41) is 70.9. The maximum atomic E-state index is 11.7. The molecule has 2 saturated heterocycles. The van der Waals surface area contributed by atoms with Gasteiger partial charge in [-0.1, -0.05) is 99.1 Å². The van der Waals surface area contributed by atoms with Crippen LogP contribution < -0.4 is 0 Å². The first kappa shape index (κ1) is 50.6. The molecule has 7 N–H and O–H groups in total. The van der Waals surface area contributed by atoms with Crippen LogP contribution in [-0.2, 0) is 33.2 Å². The zero-order chi connectivity index (χ0) is 41.7. The Balaban J connectivity index is 1.56. The molecule has 0 spiro atoms. The number of carbonyl (C=O) groups is 1. The predicted octanol–water partition coefficient (Wildman–Crippen LogP) is 3.61. The molecule has 0 bridgehead atoms. The van der Waals surface area contributed by atoms with E-state index in [2.05, 4.69) is 79.8 Å². The molecule has 2 fully saturated rings. The first-order valence-electron chi connectivity index (χ1n) is 20.5. The number of esters is 1. The maximum absolute atomic E-state index is 11.7. The molecule has 14 heteroatoms. The van der Waals surface area contributed by atoms with Crippen molar-refractivity contribution in [3.05, 3.63) is 72.9 Å². The minimum Gasteiger partial charge on any atom is -0.458 e. The van der Waals surface area contributed by atoms with E-state index in [1.807, 2.05) is 0 Å². The molecule has 2 heterocycles. The number of allylic oxidation sites excluding steroid dienone is 12. The minimum atomic E-state index is -1.71. The van der Waals surface area contributed by atoms with Crippen molar-refractivity contribution in [2.45, 2.75) is 158 Å². The smallest absolute Gasteiger partial charge is 0.303 e. The Kier molecular flexibility index (Phi) is 27.8. The van der Waals surface area contributed by atoms with Gasteiger partial charge in [0.1, 0.15) is 54.9 Å². The van der Waals surface area contributed by atoms with Gasteiger partial charge in [-0.2, -0.15) is 0 Å². The van der Waals surface area contributed by atoms with Crippen molar-refractivity contribution in [1.29, 1.82) is 0 Å². The van der Waals surface area contributed by atoms with Crippen LogP contribution in [0.1, 0.15) is 90.9 Å². The molecule has 0 aromatic carbocycles. The summed E-state index contributed by atoms with van der Waals surface area (Å²) >= 11 is 0. The number of unbranched alkanes of at least 4 members (excludes halogenated alkanes) is 5. The molecule has 11 unspecified atom stereocenters. The Morgan fingerprint density at radius 3 is 1.60 bits per heavy atom. The fourth-order valence-electron chi connectivity index (χ4n) is 5.99. The van der Waals surface area contributed by atoms with Crippen LogP contribution in [0.4, 0.5) is 0 Å². The fourth-order valence-corrected chi connectivity index (χ4v) is 5.99. The monoisotopic (exact) mass is 810 g/mol. The summed E-state index contributed by atoms with van der Waals surface area (Å²) in [5.74, 6) is -0.564. The van der Waals surface area contributed by atoms with Crippen molar-refractivity contribution >= 4 is 5.97 Å². The highest BCUT2D eigenvalue weighted by molar-refractivity contribution is 5.66. The normalized spacial score (nSPS) is 29.3. The zero-order valence-electron chi connectivity index (χ0n) is 33.8. The topological polar surface area (TPSA) is 214 Å². The second-order valence-electron chi connectivity index (χ2n) is 14.2. The Morgan fingerprint density at radius 2 is 1.05 bits per heavy atom. The number of ether oxygens (including phenoxy) is 6. The van der Waals surface area contributed by atoms with Crippen molar-refractivity contribution in [2.24, 2.45) is 0 Å². The summed E-state index contributed by atoms with van der Waals surface area (Å²) in [6.07, 6.45) is 22.3. The van der Waals surface area contributed by atoms with Crippen LogP contribution in [0.2, 0.25) is 0 Å². The molecule has 2 rings (SSSR count). The second kappa shape index (κ2) is 31.4. The summed E-state index contributed by atoms with van der Waals surface area (Å²) in [6, 6.07) is 0. The average molecular weight is 811 g/mol. The number of hydrogen-bond donors (Lipinski definition) is 7. The average Bonchev–Trinajstić information content (AvgIpc) is 3.20. The van der Waals surface area contributed by atoms with E-state index in [0.717, 1.165) is 77.0 Å². The molecular formula is C43H70O14. The molecule has 326 valence electrons. The lowest BCUT2D eigenvalue weighted by atomic mass is 9.98. The number of hydrogen-bond acceptors (Lipinski definition) is 14. The third-order valence-corrected chi connectivity index (χ3v) is 9.28. The van der Waals surface area contributed by atoms with Crippen LogP contribution in [0.25, 0.3) is 0 Å². The number of carbonyl (C=O) groups excluding carboxylic acids is 1. The van der Waals surface area contributed by atoms with Crippen LogP contribution in [-0.4, -0.2) is 142 Å². The fraction of sp³-hybridized carbons (Fsp3) is 0.698. The van der Waals surface area contributed by atoms with E-state index in [-0.39, 0.29) is 13.2 Å². The van der Waals surface area contributed by atoms with Crippen LogP contribution in [0.3, 0.4) is 0 Å². The SMILES string of the molecule is CC/C=C\C/C=C\C/C=C\C/C=C\C/C=C\C/C=C\CCCCCCCOCC(COC1OC(COC2OC(CO)C(O)C(O)C2O)C(O)C(O)C1O)OC(C)=O. The molecule has 57 heavy (non-hydrogen) atoms. The first-order valence-corrected chi connectivity index (χ1v) is 20.5. The molecule has 0 aliphatic carbocycles. The lowest BCUT2D eigenvalue weighted by Gasteiger charge is -2.42. The number of rotatable bonds is 29. The van der Waals surface area contributed by atoms with Gasteiger partial charge in [0.25, 0.3) is 0 Å². The summed E-state index contributed by atoms with van der Waals surface area (Å²) < 4.78 is 33.0. The molecular weight excluding hydrogens is 740 g/mol. The largest absolute Gasteiger partial charge is 0.458 e. The van der Waals surface area contributed by atoms with Crippen molar-refractivity contribution in [2.75, 3.05) is 33.0 Å². The standard InChI is InChI=1S/C43H70O14/c1-3-4-5-6-7-8-9-10-11-12-13-14-15-16-17-18-19-20-21-22-23-24-25-26-27-52-29-33(55-32(2)45)30-53-42-41(51)39(49)37(47)35(57-42)31-54-43-40(50)38(48)36(46)34(28-44)56-43/h4-5,7-8,10-11,13-14,16-17,19-20,33-44,46-51H,3,6,9,12,15,18,21-31H2,1-2H3/b5-4-,8-7-,11-10-,14-13-,17-16-,20-19-. The molecule has 0 aromatic heterocycles. The highest BCUT2D eigenvalue weighted by Crippen LogP contribution is 2.26. The van der Waals surface area contributed by atoms with Gasteiger partial charge in [-0.25, -0.2) is 0 Å². The second-order valence-corrected chi connectivity index (χ2v) is 14.2. The van der Waals surface area contributed by atoms with Crippen LogP contribution in [0.15, 0.2) is 72.9 Å². The Labute approximate surface area is 338 Å². The van der Waals surface area contributed by atoms with E-state index >= 15 is 0 Å². The Bertz CT molecular complexity index is 1220. The van der Waals surface area contributed by atoms with Gasteiger partial charge >= 0.3 is 5.97 Å². The van der Waals surface area contributed by atoms with E-state index in [1.54, 1.807) is 0 Å². The number of aliphatic hydroxyl groups is 7. The van der Waals surface area contributed by atoms with Gasteiger partial charge in [-0.05, 0) is 57.8 Å². The Morgan fingerprint density at radius 1 is 0.579 bits per heavy atom. The lowest BCUT2D eigenvalue weighted by molar-refractivity contribution is -0.332. The van der Waals surface area contributed by atoms with Crippen LogP contribution in [0.5, 0.6) is 0 Å². The molecule has 11 atom stereocenters. The molecule has 2 aliphatic rings. The van der Waals surface area contributed by atoms with E-state index in [9.17, 15) is 40.5 Å². The Hall–Kier alpha value is -2.57. The van der Waals surface area contributed by atoms with Crippen LogP contribution in [0, 0.1) is 0 Å². The molecule has 0 amide bonds. The van der Waals surface area contributed by atoms with Gasteiger partial charge in [0.2, 0.25) is 0 Å².